The Morgan fingerprint density at radius 3 is 2.62 bits per heavy atom. The highest BCUT2D eigenvalue weighted by atomic mass is 79.9. The summed E-state index contributed by atoms with van der Waals surface area (Å²) in [7, 11) is 0. The molecule has 21 heavy (non-hydrogen) atoms. The first-order chi connectivity index (χ1) is 9.74. The van der Waals surface area contributed by atoms with Gasteiger partial charge in [-0.25, -0.2) is 4.68 Å². The highest BCUT2D eigenvalue weighted by Gasteiger charge is 2.31. The summed E-state index contributed by atoms with van der Waals surface area (Å²) in [5.41, 5.74) is 6.52. The fourth-order valence-electron chi connectivity index (χ4n) is 1.88. The molecule has 2 aromatic rings. The van der Waals surface area contributed by atoms with Gasteiger partial charge in [-0.3, -0.25) is 0 Å². The zero-order chi connectivity index (χ0) is 15.8. The first-order valence-electron chi connectivity index (χ1n) is 6.20. The van der Waals surface area contributed by atoms with Crippen LogP contribution in [0.1, 0.15) is 18.2 Å². The van der Waals surface area contributed by atoms with Crippen LogP contribution in [-0.2, 0) is 12.7 Å². The van der Waals surface area contributed by atoms with Crippen LogP contribution in [0.25, 0.3) is 0 Å². The van der Waals surface area contributed by atoms with Crippen LogP contribution in [0.2, 0.25) is 0 Å². The first-order valence-corrected chi connectivity index (χ1v) is 7.00. The quantitative estimate of drug-likeness (QED) is 0.854. The van der Waals surface area contributed by atoms with Crippen molar-refractivity contribution in [2.45, 2.75) is 26.6 Å². The van der Waals surface area contributed by atoms with Gasteiger partial charge in [-0.1, -0.05) is 0 Å². The minimum Gasteiger partial charge on any atom is -0.394 e. The molecule has 0 saturated heterocycles. The van der Waals surface area contributed by atoms with Crippen molar-refractivity contribution >= 4 is 33.1 Å². The molecule has 8 heteroatoms. The predicted molar refractivity (Wildman–Crippen MR) is 79.5 cm³/mol. The smallest absolute Gasteiger partial charge is 0.394 e. The Hall–Kier alpha value is -1.70. The van der Waals surface area contributed by atoms with Gasteiger partial charge >= 0.3 is 6.18 Å². The number of aryl methyl sites for hydroxylation is 2. The Morgan fingerprint density at radius 2 is 2.05 bits per heavy atom. The normalized spacial score (nSPS) is 11.7. The molecule has 114 valence electrons. The monoisotopic (exact) mass is 362 g/mol. The molecule has 0 amide bonds. The molecule has 1 aromatic heterocycles. The molecule has 0 aliphatic carbocycles. The number of nitrogens with one attached hydrogen (secondary N) is 1. The van der Waals surface area contributed by atoms with Gasteiger partial charge in [-0.05, 0) is 48.0 Å². The minimum absolute atomic E-state index is 0.283. The van der Waals surface area contributed by atoms with Crippen LogP contribution in [0.5, 0.6) is 0 Å². The Morgan fingerprint density at radius 1 is 1.38 bits per heavy atom. The van der Waals surface area contributed by atoms with E-state index in [9.17, 15) is 13.2 Å². The minimum atomic E-state index is -4.40. The molecule has 1 heterocycles. The van der Waals surface area contributed by atoms with Crippen LogP contribution in [0, 0.1) is 6.92 Å². The van der Waals surface area contributed by atoms with E-state index in [1.165, 1.54) is 6.07 Å². The lowest BCUT2D eigenvalue weighted by Gasteiger charge is -2.14. The molecule has 3 N–H and O–H groups in total. The number of alkyl halides is 3. The molecule has 0 radical (unpaired) electrons. The van der Waals surface area contributed by atoms with Crippen LogP contribution in [0.15, 0.2) is 22.7 Å². The third-order valence-electron chi connectivity index (χ3n) is 3.02. The Balaban J connectivity index is 2.44. The Bertz CT molecular complexity index is 664. The summed E-state index contributed by atoms with van der Waals surface area (Å²) in [5, 5.41) is 7.14. The second-order valence-corrected chi connectivity index (χ2v) is 5.34. The van der Waals surface area contributed by atoms with Crippen LogP contribution in [0.4, 0.5) is 30.4 Å². The maximum Gasteiger partial charge on any atom is 0.416 e. The largest absolute Gasteiger partial charge is 0.416 e. The van der Waals surface area contributed by atoms with Crippen molar-refractivity contribution in [1.29, 1.82) is 0 Å². The summed E-state index contributed by atoms with van der Waals surface area (Å²) < 4.78 is 40.5. The van der Waals surface area contributed by atoms with Gasteiger partial charge in [0.25, 0.3) is 0 Å². The zero-order valence-electron chi connectivity index (χ0n) is 11.4. The average molecular weight is 363 g/mol. The van der Waals surface area contributed by atoms with Gasteiger partial charge in [0.05, 0.1) is 22.6 Å². The molecule has 1 aromatic carbocycles. The van der Waals surface area contributed by atoms with Crippen molar-refractivity contribution < 1.29 is 13.2 Å². The van der Waals surface area contributed by atoms with Gasteiger partial charge in [-0.15, -0.1) is 0 Å². The molecule has 0 spiro atoms. The summed E-state index contributed by atoms with van der Waals surface area (Å²) in [6, 6.07) is 3.40. The van der Waals surface area contributed by atoms with Crippen LogP contribution in [0.3, 0.4) is 0 Å². The van der Waals surface area contributed by atoms with E-state index >= 15 is 0 Å². The molecular formula is C13H14BrF3N4. The van der Waals surface area contributed by atoms with Gasteiger partial charge < -0.3 is 11.1 Å². The molecule has 0 fully saturated rings. The number of nitrogens with two attached hydrogens (primary N) is 1. The predicted octanol–water partition coefficient (Wildman–Crippen LogP) is 4.32. The summed E-state index contributed by atoms with van der Waals surface area (Å²) >= 11 is 3.23. The standard InChI is InChI=1S/C13H14BrF3N4/c1-3-21-12(11(18)7(2)20-21)19-10-6-8(13(15,16)17)4-5-9(10)14/h4-6,19H,3,18H2,1-2H3. The molecular weight excluding hydrogens is 349 g/mol. The number of halogens is 4. The van der Waals surface area contributed by atoms with E-state index in [4.69, 9.17) is 5.73 Å². The van der Waals surface area contributed by atoms with Crippen molar-refractivity contribution in [3.63, 3.8) is 0 Å². The molecule has 0 aliphatic rings. The number of rotatable bonds is 3. The van der Waals surface area contributed by atoms with E-state index in [-0.39, 0.29) is 5.69 Å². The van der Waals surface area contributed by atoms with Crippen LogP contribution < -0.4 is 11.1 Å². The van der Waals surface area contributed by atoms with Gasteiger partial charge in [0, 0.05) is 11.0 Å². The highest BCUT2D eigenvalue weighted by molar-refractivity contribution is 9.10. The lowest BCUT2D eigenvalue weighted by molar-refractivity contribution is -0.137. The molecule has 0 atom stereocenters. The first kappa shape index (κ1) is 15.7. The summed E-state index contributed by atoms with van der Waals surface area (Å²) in [6.07, 6.45) is -4.40. The van der Waals surface area contributed by atoms with E-state index < -0.39 is 11.7 Å². The van der Waals surface area contributed by atoms with Gasteiger partial charge in [-0.2, -0.15) is 18.3 Å². The van der Waals surface area contributed by atoms with E-state index in [1.54, 1.807) is 11.6 Å². The number of anilines is 3. The summed E-state index contributed by atoms with van der Waals surface area (Å²) in [6.45, 7) is 4.17. The number of nitrogens with zero attached hydrogens (tertiary/aromatic N) is 2. The zero-order valence-corrected chi connectivity index (χ0v) is 13.0. The number of nitrogen functional groups attached to an aromatic ring is 1. The second kappa shape index (κ2) is 5.59. The molecule has 0 saturated carbocycles. The SMILES string of the molecule is CCn1nc(C)c(N)c1Nc1cc(C(F)(F)F)ccc1Br. The molecule has 2 rings (SSSR count). The second-order valence-electron chi connectivity index (χ2n) is 4.48. The number of aromatic nitrogens is 2. The summed E-state index contributed by atoms with van der Waals surface area (Å²) in [4.78, 5) is 0. The fraction of sp³-hybridized carbons (Fsp3) is 0.308. The van der Waals surface area contributed by atoms with Crippen molar-refractivity contribution in [3.8, 4) is 0 Å². The Labute approximate surface area is 128 Å². The van der Waals surface area contributed by atoms with Gasteiger partial charge in [0.1, 0.15) is 0 Å². The maximum atomic E-state index is 12.8. The Kier molecular flexibility index (Phi) is 4.18. The summed E-state index contributed by atoms with van der Waals surface area (Å²) in [5.74, 6) is 0.482. The van der Waals surface area contributed by atoms with E-state index in [2.05, 4.69) is 26.3 Å². The van der Waals surface area contributed by atoms with E-state index in [0.29, 0.717) is 28.2 Å². The number of hydrogen-bond acceptors (Lipinski definition) is 3. The van der Waals surface area contributed by atoms with Crippen molar-refractivity contribution in [3.05, 3.63) is 33.9 Å². The molecule has 4 nitrogen and oxygen atoms in total. The maximum absolute atomic E-state index is 12.8. The third kappa shape index (κ3) is 3.15. The number of hydrogen-bond donors (Lipinski definition) is 2. The fourth-order valence-corrected chi connectivity index (χ4v) is 2.23. The van der Waals surface area contributed by atoms with E-state index in [1.807, 2.05) is 6.92 Å². The highest BCUT2D eigenvalue weighted by Crippen LogP contribution is 2.36. The van der Waals surface area contributed by atoms with Crippen molar-refractivity contribution in [2.24, 2.45) is 0 Å². The van der Waals surface area contributed by atoms with Crippen LogP contribution >= 0.6 is 15.9 Å². The third-order valence-corrected chi connectivity index (χ3v) is 3.71. The van der Waals surface area contributed by atoms with Crippen molar-refractivity contribution in [2.75, 3.05) is 11.1 Å². The lowest BCUT2D eigenvalue weighted by Crippen LogP contribution is -2.08. The van der Waals surface area contributed by atoms with Gasteiger partial charge in [0.2, 0.25) is 0 Å². The topological polar surface area (TPSA) is 55.9 Å². The average Bonchev–Trinajstić information content (AvgIpc) is 2.67. The lowest BCUT2D eigenvalue weighted by atomic mass is 10.2. The van der Waals surface area contributed by atoms with E-state index in [0.717, 1.165) is 12.1 Å². The molecule has 0 aliphatic heterocycles. The van der Waals surface area contributed by atoms with Gasteiger partial charge in [0.15, 0.2) is 5.82 Å². The molecule has 0 unspecified atom stereocenters. The van der Waals surface area contributed by atoms with Crippen LogP contribution in [-0.4, -0.2) is 9.78 Å². The molecule has 0 bridgehead atoms. The number of benzene rings is 1. The van der Waals surface area contributed by atoms with Crippen molar-refractivity contribution in [1.82, 2.24) is 9.78 Å².